The molecule has 1 amide bonds. The zero-order valence-corrected chi connectivity index (χ0v) is 21.9. The van der Waals surface area contributed by atoms with E-state index < -0.39 is 0 Å². The summed E-state index contributed by atoms with van der Waals surface area (Å²) < 4.78 is 0. The van der Waals surface area contributed by atoms with E-state index in [0.717, 1.165) is 56.6 Å². The van der Waals surface area contributed by atoms with Gasteiger partial charge < -0.3 is 14.6 Å². The van der Waals surface area contributed by atoms with Crippen molar-refractivity contribution in [2.75, 3.05) is 40.3 Å². The molecule has 0 aromatic heterocycles. The summed E-state index contributed by atoms with van der Waals surface area (Å²) in [4.78, 5) is 22.3. The Bertz CT molecular complexity index is 960. The van der Waals surface area contributed by atoms with E-state index in [1.54, 1.807) is 7.11 Å². The van der Waals surface area contributed by atoms with Gasteiger partial charge in [-0.2, -0.15) is 0 Å². The molecule has 2 aromatic rings. The molecule has 0 bridgehead atoms. The van der Waals surface area contributed by atoms with Crippen LogP contribution in [0, 0.1) is 5.92 Å². The van der Waals surface area contributed by atoms with Crippen molar-refractivity contribution >= 4 is 34.8 Å². The molecule has 7 heteroatoms. The van der Waals surface area contributed by atoms with Crippen LogP contribution in [-0.2, 0) is 4.84 Å². The highest BCUT2D eigenvalue weighted by Crippen LogP contribution is 2.30. The van der Waals surface area contributed by atoms with Gasteiger partial charge in [-0.25, -0.2) is 0 Å². The van der Waals surface area contributed by atoms with E-state index in [1.165, 1.54) is 0 Å². The minimum atomic E-state index is 0.0241. The van der Waals surface area contributed by atoms with Crippen molar-refractivity contribution in [1.82, 2.24) is 9.80 Å². The van der Waals surface area contributed by atoms with Gasteiger partial charge in [0.05, 0.1) is 15.8 Å². The molecule has 1 heterocycles. The highest BCUT2D eigenvalue weighted by atomic mass is 35.5. The number of rotatable bonds is 10. The Morgan fingerprint density at radius 1 is 1.15 bits per heavy atom. The number of hydrogen-bond donors (Lipinski definition) is 0. The number of carbonyl (C=O) groups excluding carboxylic acids is 1. The Kier molecular flexibility index (Phi) is 10.2. The number of carbonyl (C=O) groups is 1. The number of benzene rings is 2. The van der Waals surface area contributed by atoms with Crippen molar-refractivity contribution in [1.29, 1.82) is 0 Å². The molecule has 1 fully saturated rings. The van der Waals surface area contributed by atoms with E-state index in [1.807, 2.05) is 60.5 Å². The molecule has 1 aliphatic heterocycles. The first-order valence-electron chi connectivity index (χ1n) is 12.0. The summed E-state index contributed by atoms with van der Waals surface area (Å²) in [7, 11) is 3.49. The predicted molar refractivity (Wildman–Crippen MR) is 141 cm³/mol. The Hall–Kier alpha value is -2.08. The summed E-state index contributed by atoms with van der Waals surface area (Å²) in [5, 5.41) is 5.33. The monoisotopic (exact) mass is 503 g/mol. The number of amides is 1. The third-order valence-electron chi connectivity index (χ3n) is 6.70. The first kappa shape index (κ1) is 26.5. The summed E-state index contributed by atoms with van der Waals surface area (Å²) in [5.74, 6) is 0.684. The number of nitrogens with zero attached hydrogens (tertiary/aromatic N) is 3. The van der Waals surface area contributed by atoms with Gasteiger partial charge in [-0.1, -0.05) is 59.5 Å². The molecule has 0 saturated carbocycles. The number of piperidine rings is 1. The Balaban J connectivity index is 1.65. The zero-order chi connectivity index (χ0) is 24.5. The molecule has 0 aliphatic carbocycles. The number of hydrogen-bond acceptors (Lipinski definition) is 4. The third-order valence-corrected chi connectivity index (χ3v) is 7.44. The maximum absolute atomic E-state index is 13.0. The second kappa shape index (κ2) is 13.1. The van der Waals surface area contributed by atoms with Crippen molar-refractivity contribution in [3.05, 3.63) is 69.7 Å². The largest absolute Gasteiger partial charge is 0.399 e. The van der Waals surface area contributed by atoms with Crippen LogP contribution in [-0.4, -0.2) is 61.8 Å². The SMILES string of the molecule is CC/C(=N\OC)C1CCN(CCC(CN(C)C(=O)c2ccccc2)c2ccc(Cl)c(Cl)c2)CC1. The van der Waals surface area contributed by atoms with E-state index in [0.29, 0.717) is 28.1 Å². The van der Waals surface area contributed by atoms with Crippen molar-refractivity contribution < 1.29 is 9.63 Å². The summed E-state index contributed by atoms with van der Waals surface area (Å²) >= 11 is 12.5. The molecule has 2 aromatic carbocycles. The zero-order valence-electron chi connectivity index (χ0n) is 20.3. The van der Waals surface area contributed by atoms with Crippen LogP contribution in [0.5, 0.6) is 0 Å². The molecule has 0 spiro atoms. The number of likely N-dealkylation sites (tertiary alicyclic amines) is 1. The Labute approximate surface area is 213 Å². The van der Waals surface area contributed by atoms with Crippen LogP contribution in [0.4, 0.5) is 0 Å². The Morgan fingerprint density at radius 2 is 1.85 bits per heavy atom. The number of halogens is 2. The topological polar surface area (TPSA) is 45.1 Å². The minimum absolute atomic E-state index is 0.0241. The van der Waals surface area contributed by atoms with E-state index in [2.05, 4.69) is 17.0 Å². The first-order valence-corrected chi connectivity index (χ1v) is 12.8. The molecule has 1 atom stereocenters. The highest BCUT2D eigenvalue weighted by molar-refractivity contribution is 6.42. The first-order chi connectivity index (χ1) is 16.4. The van der Waals surface area contributed by atoms with Gasteiger partial charge in [0.1, 0.15) is 7.11 Å². The molecule has 0 radical (unpaired) electrons. The molecule has 1 unspecified atom stereocenters. The molecule has 3 rings (SSSR count). The maximum atomic E-state index is 13.0. The van der Waals surface area contributed by atoms with E-state index >= 15 is 0 Å². The van der Waals surface area contributed by atoms with Gasteiger partial charge in [-0.3, -0.25) is 4.79 Å². The van der Waals surface area contributed by atoms with Crippen LogP contribution in [0.15, 0.2) is 53.7 Å². The lowest BCUT2D eigenvalue weighted by Crippen LogP contribution is -2.38. The van der Waals surface area contributed by atoms with Crippen LogP contribution in [0.25, 0.3) is 0 Å². The van der Waals surface area contributed by atoms with Gasteiger partial charge in [0.2, 0.25) is 0 Å². The molecule has 34 heavy (non-hydrogen) atoms. The fraction of sp³-hybridized carbons (Fsp3) is 0.481. The molecule has 1 saturated heterocycles. The fourth-order valence-corrected chi connectivity index (χ4v) is 5.02. The summed E-state index contributed by atoms with van der Waals surface area (Å²) in [6.45, 7) is 5.80. The average molecular weight is 505 g/mol. The van der Waals surface area contributed by atoms with Gasteiger partial charge in [0.15, 0.2) is 0 Å². The van der Waals surface area contributed by atoms with Gasteiger partial charge in [-0.15, -0.1) is 0 Å². The van der Waals surface area contributed by atoms with E-state index in [9.17, 15) is 4.79 Å². The van der Waals surface area contributed by atoms with Crippen molar-refractivity contribution in [2.45, 2.75) is 38.5 Å². The number of likely N-dealkylation sites (N-methyl/N-ethyl adjacent to an activating group) is 1. The second-order valence-corrected chi connectivity index (χ2v) is 9.76. The maximum Gasteiger partial charge on any atom is 0.253 e. The van der Waals surface area contributed by atoms with Crippen LogP contribution < -0.4 is 0 Å². The minimum Gasteiger partial charge on any atom is -0.399 e. The third kappa shape index (κ3) is 7.21. The van der Waals surface area contributed by atoms with Crippen molar-refractivity contribution in [3.63, 3.8) is 0 Å². The van der Waals surface area contributed by atoms with Crippen LogP contribution in [0.1, 0.15) is 54.4 Å². The molecular weight excluding hydrogens is 469 g/mol. The van der Waals surface area contributed by atoms with Gasteiger partial charge >= 0.3 is 0 Å². The van der Waals surface area contributed by atoms with Gasteiger partial charge in [0, 0.05) is 31.0 Å². The molecule has 184 valence electrons. The Morgan fingerprint density at radius 3 is 2.47 bits per heavy atom. The lowest BCUT2D eigenvalue weighted by atomic mass is 9.89. The smallest absolute Gasteiger partial charge is 0.253 e. The standard InChI is InChI=1S/C27H35Cl2N3O2/c1-4-26(30-34-3)20-12-15-32(16-13-20)17-14-23(22-10-11-24(28)25(29)18-22)19-31(2)27(33)21-8-6-5-7-9-21/h5-11,18,20,23H,4,12-17,19H2,1-3H3/b30-26+. The summed E-state index contributed by atoms with van der Waals surface area (Å²) in [6.07, 6.45) is 4.06. The average Bonchev–Trinajstić information content (AvgIpc) is 2.87. The molecule has 0 N–H and O–H groups in total. The lowest BCUT2D eigenvalue weighted by molar-refractivity contribution is 0.0781. The summed E-state index contributed by atoms with van der Waals surface area (Å²) in [5.41, 5.74) is 2.97. The summed E-state index contributed by atoms with van der Waals surface area (Å²) in [6, 6.07) is 15.2. The molecule has 1 aliphatic rings. The van der Waals surface area contributed by atoms with Crippen LogP contribution >= 0.6 is 23.2 Å². The van der Waals surface area contributed by atoms with Crippen LogP contribution in [0.3, 0.4) is 0 Å². The quantitative estimate of drug-likeness (QED) is 0.279. The normalized spacial score (nSPS) is 16.3. The second-order valence-electron chi connectivity index (χ2n) is 8.95. The highest BCUT2D eigenvalue weighted by Gasteiger charge is 2.25. The molecular formula is C27H35Cl2N3O2. The van der Waals surface area contributed by atoms with E-state index in [-0.39, 0.29) is 11.8 Å². The number of oxime groups is 1. The van der Waals surface area contributed by atoms with Gasteiger partial charge in [0.25, 0.3) is 5.91 Å². The van der Waals surface area contributed by atoms with Crippen molar-refractivity contribution in [3.8, 4) is 0 Å². The van der Waals surface area contributed by atoms with Gasteiger partial charge in [-0.05, 0) is 75.1 Å². The van der Waals surface area contributed by atoms with Crippen LogP contribution in [0.2, 0.25) is 10.0 Å². The van der Waals surface area contributed by atoms with E-state index in [4.69, 9.17) is 28.0 Å². The predicted octanol–water partition coefficient (Wildman–Crippen LogP) is 6.36. The van der Waals surface area contributed by atoms with Crippen molar-refractivity contribution in [2.24, 2.45) is 11.1 Å². The fourth-order valence-electron chi connectivity index (χ4n) is 4.72. The molecule has 5 nitrogen and oxygen atoms in total. The lowest BCUT2D eigenvalue weighted by Gasteiger charge is -2.33.